The van der Waals surface area contributed by atoms with Crippen molar-refractivity contribution < 1.29 is 17.9 Å². The number of hydrogen-bond donors (Lipinski definition) is 2. The van der Waals surface area contributed by atoms with Crippen molar-refractivity contribution in [2.24, 2.45) is 0 Å². The Bertz CT molecular complexity index is 711. The molecule has 21 heavy (non-hydrogen) atoms. The van der Waals surface area contributed by atoms with Crippen LogP contribution in [0.3, 0.4) is 0 Å². The van der Waals surface area contributed by atoms with E-state index in [4.69, 9.17) is 15.2 Å². The van der Waals surface area contributed by atoms with E-state index in [9.17, 15) is 8.42 Å². The summed E-state index contributed by atoms with van der Waals surface area (Å²) in [5.74, 6) is 0.362. The molecule has 3 N–H and O–H groups in total. The third-order valence-corrected chi connectivity index (χ3v) is 3.71. The number of methoxy groups -OCH3 is 2. The predicted octanol–water partition coefficient (Wildman–Crippen LogP) is 0.272. The summed E-state index contributed by atoms with van der Waals surface area (Å²) in [7, 11) is -1.10. The number of sulfonamides is 1. The summed E-state index contributed by atoms with van der Waals surface area (Å²) in [6.45, 7) is 0. The number of nitrogens with zero attached hydrogens (tertiary/aromatic N) is 3. The highest BCUT2D eigenvalue weighted by atomic mass is 32.2. The first-order chi connectivity index (χ1) is 9.94. The van der Waals surface area contributed by atoms with Crippen LogP contribution in [0.25, 0.3) is 0 Å². The van der Waals surface area contributed by atoms with Crippen molar-refractivity contribution in [3.63, 3.8) is 0 Å². The average Bonchev–Trinajstić information content (AvgIpc) is 2.46. The van der Waals surface area contributed by atoms with Crippen LogP contribution in [0.5, 0.6) is 11.8 Å². The quantitative estimate of drug-likeness (QED) is 0.805. The van der Waals surface area contributed by atoms with Crippen molar-refractivity contribution >= 4 is 21.8 Å². The SMILES string of the molecule is COc1cc(OC)nc(NS(=O)(=O)c2ccc(N)nc2)n1. The molecule has 112 valence electrons. The second kappa shape index (κ2) is 5.79. The summed E-state index contributed by atoms with van der Waals surface area (Å²) in [5, 5.41) is 0. The smallest absolute Gasteiger partial charge is 0.265 e. The molecule has 0 unspecified atom stereocenters. The minimum atomic E-state index is -3.88. The zero-order chi connectivity index (χ0) is 15.5. The Hall–Kier alpha value is -2.62. The maximum absolute atomic E-state index is 12.2. The third kappa shape index (κ3) is 3.48. The number of rotatable bonds is 5. The van der Waals surface area contributed by atoms with Gasteiger partial charge in [0.25, 0.3) is 10.0 Å². The number of nitrogen functional groups attached to an aromatic ring is 1. The fourth-order valence-corrected chi connectivity index (χ4v) is 2.28. The van der Waals surface area contributed by atoms with Crippen molar-refractivity contribution in [1.29, 1.82) is 0 Å². The molecule has 0 bridgehead atoms. The van der Waals surface area contributed by atoms with E-state index < -0.39 is 10.0 Å². The number of aromatic nitrogens is 3. The first-order valence-corrected chi connectivity index (χ1v) is 7.14. The van der Waals surface area contributed by atoms with Gasteiger partial charge in [-0.2, -0.15) is 9.97 Å². The number of nitrogens with two attached hydrogens (primary N) is 1. The van der Waals surface area contributed by atoms with E-state index in [0.29, 0.717) is 0 Å². The van der Waals surface area contributed by atoms with Gasteiger partial charge in [0.2, 0.25) is 17.7 Å². The van der Waals surface area contributed by atoms with E-state index in [1.807, 2.05) is 0 Å². The van der Waals surface area contributed by atoms with Crippen LogP contribution < -0.4 is 19.9 Å². The largest absolute Gasteiger partial charge is 0.481 e. The number of hydrogen-bond acceptors (Lipinski definition) is 8. The molecule has 2 rings (SSSR count). The molecule has 2 aromatic rings. The Balaban J connectivity index is 2.34. The van der Waals surface area contributed by atoms with Crippen molar-refractivity contribution in [2.45, 2.75) is 4.90 Å². The van der Waals surface area contributed by atoms with Gasteiger partial charge in [0.15, 0.2) is 0 Å². The van der Waals surface area contributed by atoms with Gasteiger partial charge in [0.05, 0.1) is 20.3 Å². The summed E-state index contributed by atoms with van der Waals surface area (Å²) in [5.41, 5.74) is 5.41. The monoisotopic (exact) mass is 311 g/mol. The van der Waals surface area contributed by atoms with E-state index in [1.54, 1.807) is 0 Å². The highest BCUT2D eigenvalue weighted by molar-refractivity contribution is 7.92. The van der Waals surface area contributed by atoms with Crippen LogP contribution in [-0.2, 0) is 10.0 Å². The van der Waals surface area contributed by atoms with Gasteiger partial charge in [0, 0.05) is 6.20 Å². The van der Waals surface area contributed by atoms with Gasteiger partial charge in [-0.1, -0.05) is 0 Å². The summed E-state index contributed by atoms with van der Waals surface area (Å²) in [4.78, 5) is 11.4. The van der Waals surface area contributed by atoms with Crippen molar-refractivity contribution in [2.75, 3.05) is 24.7 Å². The Kier molecular flexibility index (Phi) is 4.08. The van der Waals surface area contributed by atoms with Crippen molar-refractivity contribution in [3.8, 4) is 11.8 Å². The van der Waals surface area contributed by atoms with Crippen LogP contribution in [0, 0.1) is 0 Å². The van der Waals surface area contributed by atoms with Gasteiger partial charge in [-0.25, -0.2) is 18.1 Å². The van der Waals surface area contributed by atoms with Crippen LogP contribution >= 0.6 is 0 Å². The van der Waals surface area contributed by atoms with E-state index in [-0.39, 0.29) is 28.4 Å². The fraction of sp³-hybridized carbons (Fsp3) is 0.182. The Labute approximate surface area is 121 Å². The molecule has 10 heteroatoms. The van der Waals surface area contributed by atoms with E-state index in [1.165, 1.54) is 32.4 Å². The molecular formula is C11H13N5O4S. The van der Waals surface area contributed by atoms with Crippen molar-refractivity contribution in [3.05, 3.63) is 24.4 Å². The Morgan fingerprint density at radius 1 is 1.14 bits per heavy atom. The molecule has 0 aliphatic rings. The van der Waals surface area contributed by atoms with Crippen LogP contribution in [-0.4, -0.2) is 37.6 Å². The minimum absolute atomic E-state index is 0.0675. The van der Waals surface area contributed by atoms with E-state index in [0.717, 1.165) is 6.20 Å². The van der Waals surface area contributed by atoms with Crippen LogP contribution in [0.2, 0.25) is 0 Å². The van der Waals surface area contributed by atoms with Crippen LogP contribution in [0.1, 0.15) is 0 Å². The molecule has 0 spiro atoms. The molecule has 0 saturated heterocycles. The Morgan fingerprint density at radius 2 is 1.76 bits per heavy atom. The summed E-state index contributed by atoms with van der Waals surface area (Å²) in [6.07, 6.45) is 1.13. The molecule has 0 amide bonds. The highest BCUT2D eigenvalue weighted by Crippen LogP contribution is 2.19. The highest BCUT2D eigenvalue weighted by Gasteiger charge is 2.17. The van der Waals surface area contributed by atoms with E-state index in [2.05, 4.69) is 19.7 Å². The lowest BCUT2D eigenvalue weighted by Gasteiger charge is -2.09. The molecule has 2 heterocycles. The average molecular weight is 311 g/mol. The van der Waals surface area contributed by atoms with Gasteiger partial charge in [-0.3, -0.25) is 0 Å². The topological polar surface area (TPSA) is 129 Å². The normalized spacial score (nSPS) is 11.0. The zero-order valence-corrected chi connectivity index (χ0v) is 12.1. The molecule has 0 fully saturated rings. The third-order valence-electron chi connectivity index (χ3n) is 2.39. The summed E-state index contributed by atoms with van der Waals surface area (Å²) < 4.78 is 36.4. The summed E-state index contributed by atoms with van der Waals surface area (Å²) in [6, 6.07) is 4.12. The molecule has 0 saturated carbocycles. The number of pyridine rings is 1. The molecule has 2 aromatic heterocycles. The molecular weight excluding hydrogens is 298 g/mol. The molecule has 0 aromatic carbocycles. The predicted molar refractivity (Wildman–Crippen MR) is 74.6 cm³/mol. The lowest BCUT2D eigenvalue weighted by Crippen LogP contribution is -2.16. The number of anilines is 2. The van der Waals surface area contributed by atoms with Crippen LogP contribution in [0.15, 0.2) is 29.3 Å². The van der Waals surface area contributed by atoms with Gasteiger partial charge in [-0.05, 0) is 12.1 Å². The molecule has 0 aliphatic heterocycles. The zero-order valence-electron chi connectivity index (χ0n) is 11.3. The minimum Gasteiger partial charge on any atom is -0.481 e. The van der Waals surface area contributed by atoms with Crippen molar-refractivity contribution in [1.82, 2.24) is 15.0 Å². The number of ether oxygens (including phenoxy) is 2. The number of nitrogens with one attached hydrogen (secondary N) is 1. The second-order valence-electron chi connectivity index (χ2n) is 3.80. The standard InChI is InChI=1S/C11H13N5O4S/c1-19-9-5-10(20-2)15-11(14-9)16-21(17,18)7-3-4-8(12)13-6-7/h3-6H,1-2H3,(H2,12,13)(H,14,15,16). The lowest BCUT2D eigenvalue weighted by molar-refractivity contribution is 0.373. The fourth-order valence-electron chi connectivity index (χ4n) is 1.39. The first-order valence-electron chi connectivity index (χ1n) is 5.66. The molecule has 0 radical (unpaired) electrons. The molecule has 0 atom stereocenters. The van der Waals surface area contributed by atoms with Gasteiger partial charge in [-0.15, -0.1) is 0 Å². The lowest BCUT2D eigenvalue weighted by atomic mass is 10.5. The van der Waals surface area contributed by atoms with E-state index >= 15 is 0 Å². The second-order valence-corrected chi connectivity index (χ2v) is 5.48. The maximum Gasteiger partial charge on any atom is 0.265 e. The Morgan fingerprint density at radius 3 is 2.24 bits per heavy atom. The molecule has 9 nitrogen and oxygen atoms in total. The summed E-state index contributed by atoms with van der Waals surface area (Å²) >= 11 is 0. The van der Waals surface area contributed by atoms with Crippen LogP contribution in [0.4, 0.5) is 11.8 Å². The molecule has 0 aliphatic carbocycles. The maximum atomic E-state index is 12.2. The van der Waals surface area contributed by atoms with Gasteiger partial charge >= 0.3 is 0 Å². The van der Waals surface area contributed by atoms with Gasteiger partial charge < -0.3 is 15.2 Å². The van der Waals surface area contributed by atoms with Gasteiger partial charge in [0.1, 0.15) is 10.7 Å². The first kappa shape index (κ1) is 14.8.